The normalized spacial score (nSPS) is 15.8. The molecule has 0 spiro atoms. The van der Waals surface area contributed by atoms with Crippen LogP contribution in [0.1, 0.15) is 31.0 Å². The zero-order valence-electron chi connectivity index (χ0n) is 17.9. The summed E-state index contributed by atoms with van der Waals surface area (Å²) in [5.41, 5.74) is 1.94. The molecule has 0 radical (unpaired) electrons. The van der Waals surface area contributed by atoms with Crippen molar-refractivity contribution in [2.24, 2.45) is 4.99 Å². The van der Waals surface area contributed by atoms with Gasteiger partial charge >= 0.3 is 5.97 Å². The zero-order valence-corrected chi connectivity index (χ0v) is 18.7. The predicted octanol–water partition coefficient (Wildman–Crippen LogP) is 2.51. The molecular formula is C24H22N2O5S. The summed E-state index contributed by atoms with van der Waals surface area (Å²) in [4.78, 5) is 31.4. The first-order valence-corrected chi connectivity index (χ1v) is 10.9. The molecule has 0 aliphatic carbocycles. The fourth-order valence-corrected chi connectivity index (χ4v) is 4.73. The van der Waals surface area contributed by atoms with E-state index in [1.807, 2.05) is 12.1 Å². The summed E-state index contributed by atoms with van der Waals surface area (Å²) in [5, 5.41) is 9.76. The Morgan fingerprint density at radius 2 is 2.03 bits per heavy atom. The van der Waals surface area contributed by atoms with Gasteiger partial charge in [-0.1, -0.05) is 35.6 Å². The smallest absolute Gasteiger partial charge is 0.338 e. The lowest BCUT2D eigenvalue weighted by Gasteiger charge is -2.25. The lowest BCUT2D eigenvalue weighted by molar-refractivity contribution is -0.139. The molecule has 0 amide bonds. The molecule has 2 heterocycles. The maximum absolute atomic E-state index is 13.5. The van der Waals surface area contributed by atoms with Crippen LogP contribution in [0.5, 0.6) is 11.5 Å². The van der Waals surface area contributed by atoms with E-state index >= 15 is 0 Å². The number of methoxy groups -OCH3 is 1. The second-order valence-corrected chi connectivity index (χ2v) is 8.18. The van der Waals surface area contributed by atoms with Gasteiger partial charge in [0.05, 0.1) is 35.6 Å². The number of esters is 1. The Kier molecular flexibility index (Phi) is 5.96. The zero-order chi connectivity index (χ0) is 22.8. The lowest BCUT2D eigenvalue weighted by atomic mass is 9.95. The van der Waals surface area contributed by atoms with Gasteiger partial charge in [-0.2, -0.15) is 0 Å². The Morgan fingerprint density at radius 1 is 1.25 bits per heavy atom. The monoisotopic (exact) mass is 450 g/mol. The Hall–Kier alpha value is -3.65. The standard InChI is InChI=1S/C24H22N2O5S/c1-4-31-23(29)20-14(2)25-24-26(21(20)16-8-6-10-18(13-16)30-3)22(28)19(32-24)12-15-7-5-9-17(27)11-15/h5-13,21,27H,4H2,1-3H3/b19-12-/t21-/m0/s1. The van der Waals surface area contributed by atoms with Crippen LogP contribution in [0.2, 0.25) is 0 Å². The van der Waals surface area contributed by atoms with E-state index in [4.69, 9.17) is 9.47 Å². The van der Waals surface area contributed by atoms with Crippen molar-refractivity contribution in [2.45, 2.75) is 19.9 Å². The number of phenols is 1. The number of hydrogen-bond acceptors (Lipinski definition) is 7. The molecule has 1 N–H and O–H groups in total. The summed E-state index contributed by atoms with van der Waals surface area (Å²) < 4.78 is 12.6. The average molecular weight is 451 g/mol. The number of nitrogens with zero attached hydrogens (tertiary/aromatic N) is 2. The van der Waals surface area contributed by atoms with Crippen LogP contribution in [-0.4, -0.2) is 29.4 Å². The Bertz CT molecular complexity index is 1400. The van der Waals surface area contributed by atoms with Gasteiger partial charge in [0.2, 0.25) is 0 Å². The number of benzene rings is 2. The minimum atomic E-state index is -0.702. The van der Waals surface area contributed by atoms with Crippen molar-refractivity contribution in [3.63, 3.8) is 0 Å². The van der Waals surface area contributed by atoms with Crippen molar-refractivity contribution in [1.29, 1.82) is 0 Å². The van der Waals surface area contributed by atoms with Crippen LogP contribution in [-0.2, 0) is 9.53 Å². The van der Waals surface area contributed by atoms with Gasteiger partial charge in [0, 0.05) is 0 Å². The predicted molar refractivity (Wildman–Crippen MR) is 121 cm³/mol. The number of aromatic nitrogens is 1. The Morgan fingerprint density at radius 3 is 2.75 bits per heavy atom. The van der Waals surface area contributed by atoms with Crippen molar-refractivity contribution in [1.82, 2.24) is 4.57 Å². The Balaban J connectivity index is 1.97. The number of rotatable bonds is 5. The van der Waals surface area contributed by atoms with E-state index in [9.17, 15) is 14.7 Å². The minimum absolute atomic E-state index is 0.112. The molecule has 4 rings (SSSR count). The van der Waals surface area contributed by atoms with Crippen molar-refractivity contribution in [3.8, 4) is 11.5 Å². The number of phenolic OH excluding ortho intramolecular Hbond substituents is 1. The van der Waals surface area contributed by atoms with Gasteiger partial charge in [0.1, 0.15) is 11.5 Å². The van der Waals surface area contributed by atoms with Gasteiger partial charge < -0.3 is 14.6 Å². The molecule has 3 aromatic rings. The first-order valence-electron chi connectivity index (χ1n) is 10.1. The third-order valence-electron chi connectivity index (χ3n) is 5.09. The number of thiazole rings is 1. The highest BCUT2D eigenvalue weighted by Crippen LogP contribution is 2.32. The molecule has 32 heavy (non-hydrogen) atoms. The summed E-state index contributed by atoms with van der Waals surface area (Å²) in [7, 11) is 1.56. The highest BCUT2D eigenvalue weighted by molar-refractivity contribution is 7.07. The molecule has 0 bridgehead atoms. The van der Waals surface area contributed by atoms with Crippen LogP contribution in [0.25, 0.3) is 6.08 Å². The number of ether oxygens (including phenoxy) is 2. The second kappa shape index (κ2) is 8.84. The van der Waals surface area contributed by atoms with Crippen LogP contribution in [0.3, 0.4) is 0 Å². The number of allylic oxidation sites excluding steroid dienone is 1. The summed E-state index contributed by atoms with van der Waals surface area (Å²) in [5.74, 6) is 0.215. The van der Waals surface area contributed by atoms with Crippen molar-refractivity contribution < 1.29 is 19.4 Å². The fraction of sp³-hybridized carbons (Fsp3) is 0.208. The summed E-state index contributed by atoms with van der Waals surface area (Å²) in [6, 6.07) is 13.2. The van der Waals surface area contributed by atoms with Gasteiger partial charge in [0.25, 0.3) is 5.56 Å². The number of carbonyl (C=O) groups is 1. The Labute approximate surface area is 188 Å². The van der Waals surface area contributed by atoms with E-state index in [1.54, 1.807) is 63.4 Å². The van der Waals surface area contributed by atoms with Crippen molar-refractivity contribution >= 4 is 23.4 Å². The lowest BCUT2D eigenvalue weighted by Crippen LogP contribution is -2.39. The minimum Gasteiger partial charge on any atom is -0.508 e. The van der Waals surface area contributed by atoms with E-state index < -0.39 is 12.0 Å². The van der Waals surface area contributed by atoms with Crippen molar-refractivity contribution in [2.75, 3.05) is 13.7 Å². The third-order valence-corrected chi connectivity index (χ3v) is 6.08. The van der Waals surface area contributed by atoms with E-state index in [1.165, 1.54) is 15.9 Å². The summed E-state index contributed by atoms with van der Waals surface area (Å²) >= 11 is 1.23. The maximum atomic E-state index is 13.5. The van der Waals surface area contributed by atoms with Crippen LogP contribution in [0.4, 0.5) is 0 Å². The van der Waals surface area contributed by atoms with E-state index in [0.717, 1.165) is 0 Å². The quantitative estimate of drug-likeness (QED) is 0.604. The molecule has 0 saturated heterocycles. The number of carbonyl (C=O) groups excluding carboxylic acids is 1. The number of aromatic hydroxyl groups is 1. The van der Waals surface area contributed by atoms with Gasteiger partial charge in [-0.25, -0.2) is 9.79 Å². The molecule has 8 heteroatoms. The van der Waals surface area contributed by atoms with Gasteiger partial charge in [-0.15, -0.1) is 0 Å². The highest BCUT2D eigenvalue weighted by Gasteiger charge is 2.33. The molecule has 0 fully saturated rings. The van der Waals surface area contributed by atoms with Crippen LogP contribution < -0.4 is 19.6 Å². The first kappa shape index (κ1) is 21.6. The molecule has 1 aliphatic rings. The van der Waals surface area contributed by atoms with Gasteiger partial charge in [-0.3, -0.25) is 9.36 Å². The third kappa shape index (κ3) is 3.97. The fourth-order valence-electron chi connectivity index (χ4n) is 3.68. The molecule has 0 unspecified atom stereocenters. The van der Waals surface area contributed by atoms with E-state index in [0.29, 0.717) is 37.5 Å². The highest BCUT2D eigenvalue weighted by atomic mass is 32.1. The van der Waals surface area contributed by atoms with E-state index in [-0.39, 0.29) is 17.9 Å². The molecule has 2 aromatic carbocycles. The van der Waals surface area contributed by atoms with E-state index in [2.05, 4.69) is 4.99 Å². The van der Waals surface area contributed by atoms with Gasteiger partial charge in [-0.05, 0) is 55.3 Å². The average Bonchev–Trinajstić information content (AvgIpc) is 3.07. The molecule has 1 aliphatic heterocycles. The van der Waals surface area contributed by atoms with Crippen LogP contribution in [0.15, 0.2) is 69.6 Å². The molecule has 7 nitrogen and oxygen atoms in total. The maximum Gasteiger partial charge on any atom is 0.338 e. The van der Waals surface area contributed by atoms with Crippen molar-refractivity contribution in [3.05, 3.63) is 90.6 Å². The summed E-state index contributed by atoms with van der Waals surface area (Å²) in [6.07, 6.45) is 1.70. The number of hydrogen-bond donors (Lipinski definition) is 1. The molecular weight excluding hydrogens is 428 g/mol. The second-order valence-electron chi connectivity index (χ2n) is 7.17. The van der Waals surface area contributed by atoms with Gasteiger partial charge in [0.15, 0.2) is 4.80 Å². The molecule has 1 aromatic heterocycles. The molecule has 164 valence electrons. The summed E-state index contributed by atoms with van der Waals surface area (Å²) in [6.45, 7) is 3.69. The number of fused-ring (bicyclic) bond motifs is 1. The molecule has 1 atom stereocenters. The SMILES string of the molecule is CCOC(=O)C1=C(C)N=c2s/c(=C\c3cccc(O)c3)c(=O)n2[C@H]1c1cccc(OC)c1. The van der Waals surface area contributed by atoms with Crippen LogP contribution in [0, 0.1) is 0 Å². The first-order chi connectivity index (χ1) is 15.4. The largest absolute Gasteiger partial charge is 0.508 e. The molecule has 0 saturated carbocycles. The topological polar surface area (TPSA) is 90.1 Å². The van der Waals surface area contributed by atoms with Crippen LogP contribution >= 0.6 is 11.3 Å².